The summed E-state index contributed by atoms with van der Waals surface area (Å²) < 4.78 is 4.50. The predicted octanol–water partition coefficient (Wildman–Crippen LogP) is -0.0327. The molecule has 0 aromatic heterocycles. The first-order valence-electron chi connectivity index (χ1n) is 4.04. The Kier molecular flexibility index (Phi) is 5.79. The van der Waals surface area contributed by atoms with Gasteiger partial charge in [-0.1, -0.05) is 0 Å². The van der Waals surface area contributed by atoms with Crippen molar-refractivity contribution in [3.8, 4) is 0 Å². The van der Waals surface area contributed by atoms with Gasteiger partial charge < -0.3 is 9.84 Å². The Balaban J connectivity index is 4.07. The summed E-state index contributed by atoms with van der Waals surface area (Å²) in [7, 11) is 0. The van der Waals surface area contributed by atoms with Crippen molar-refractivity contribution >= 4 is 5.97 Å². The molecule has 0 radical (unpaired) electrons. The van der Waals surface area contributed by atoms with Crippen LogP contribution in [-0.2, 0) is 9.53 Å². The normalized spacial score (nSPS) is 12.2. The van der Waals surface area contributed by atoms with Gasteiger partial charge in [0.15, 0.2) is 0 Å². The fourth-order valence-electron chi connectivity index (χ4n) is 0.832. The van der Waals surface area contributed by atoms with Gasteiger partial charge in [-0.3, -0.25) is 10.1 Å². The Morgan fingerprint density at radius 1 is 1.69 bits per heavy atom. The molecule has 1 unspecified atom stereocenters. The molecule has 0 saturated heterocycles. The van der Waals surface area contributed by atoms with Crippen LogP contribution in [0.3, 0.4) is 0 Å². The third kappa shape index (κ3) is 4.41. The van der Waals surface area contributed by atoms with E-state index in [1.165, 1.54) is 0 Å². The molecule has 0 heterocycles. The number of carbonyl (C=O) groups excluding carboxylic acids is 1. The molecule has 76 valence electrons. The van der Waals surface area contributed by atoms with Crippen LogP contribution in [0.2, 0.25) is 0 Å². The minimum absolute atomic E-state index is 0.0162. The van der Waals surface area contributed by atoms with Gasteiger partial charge in [0, 0.05) is 18.0 Å². The number of hydrogen-bond donors (Lipinski definition) is 1. The number of aliphatic hydroxyl groups is 1. The van der Waals surface area contributed by atoms with Crippen molar-refractivity contribution in [2.24, 2.45) is 0 Å². The van der Waals surface area contributed by atoms with Gasteiger partial charge in [-0.25, -0.2) is 4.79 Å². The van der Waals surface area contributed by atoms with E-state index in [-0.39, 0.29) is 26.1 Å². The quantitative estimate of drug-likeness (QED) is 0.361. The van der Waals surface area contributed by atoms with Crippen LogP contribution in [0.1, 0.15) is 19.8 Å². The molecular formula is C7H13NO5. The van der Waals surface area contributed by atoms with E-state index in [1.54, 1.807) is 6.92 Å². The fourth-order valence-corrected chi connectivity index (χ4v) is 0.832. The van der Waals surface area contributed by atoms with Crippen LogP contribution in [0.15, 0.2) is 0 Å². The third-order valence-corrected chi connectivity index (χ3v) is 1.45. The highest BCUT2D eigenvalue weighted by Crippen LogP contribution is 2.03. The first-order valence-corrected chi connectivity index (χ1v) is 4.04. The molecule has 0 spiro atoms. The van der Waals surface area contributed by atoms with Crippen molar-refractivity contribution in [1.29, 1.82) is 0 Å². The zero-order valence-electron chi connectivity index (χ0n) is 7.43. The van der Waals surface area contributed by atoms with E-state index in [2.05, 4.69) is 4.74 Å². The van der Waals surface area contributed by atoms with Crippen LogP contribution in [0.5, 0.6) is 0 Å². The van der Waals surface area contributed by atoms with E-state index in [0.29, 0.717) is 0 Å². The first-order chi connectivity index (χ1) is 6.13. The molecule has 0 amide bonds. The summed E-state index contributed by atoms with van der Waals surface area (Å²) >= 11 is 0. The number of aliphatic hydroxyl groups excluding tert-OH is 1. The summed E-state index contributed by atoms with van der Waals surface area (Å²) in [5, 5.41) is 18.8. The largest absolute Gasteiger partial charge is 0.461 e. The average molecular weight is 191 g/mol. The lowest BCUT2D eigenvalue weighted by atomic mass is 10.2. The van der Waals surface area contributed by atoms with Crippen LogP contribution in [0, 0.1) is 10.1 Å². The highest BCUT2D eigenvalue weighted by molar-refractivity contribution is 5.74. The van der Waals surface area contributed by atoms with Crippen molar-refractivity contribution < 1.29 is 19.6 Å². The maximum Gasteiger partial charge on any atom is 0.381 e. The number of rotatable bonds is 6. The molecule has 0 aliphatic rings. The van der Waals surface area contributed by atoms with Gasteiger partial charge in [0.1, 0.15) is 0 Å². The summed E-state index contributed by atoms with van der Waals surface area (Å²) in [5.41, 5.74) is 0. The average Bonchev–Trinajstić information content (AvgIpc) is 2.05. The Morgan fingerprint density at radius 3 is 2.69 bits per heavy atom. The molecule has 0 bridgehead atoms. The van der Waals surface area contributed by atoms with E-state index in [4.69, 9.17) is 5.11 Å². The summed E-state index contributed by atoms with van der Waals surface area (Å²) in [6, 6.07) is -1.34. The van der Waals surface area contributed by atoms with E-state index in [9.17, 15) is 14.9 Å². The third-order valence-electron chi connectivity index (χ3n) is 1.45. The number of hydrogen-bond acceptors (Lipinski definition) is 5. The Morgan fingerprint density at radius 2 is 2.31 bits per heavy atom. The summed E-state index contributed by atoms with van der Waals surface area (Å²) in [5.74, 6) is -0.832. The molecule has 0 aliphatic heterocycles. The molecule has 1 N–H and O–H groups in total. The number of esters is 1. The van der Waals surface area contributed by atoms with Gasteiger partial charge in [0.25, 0.3) is 0 Å². The topological polar surface area (TPSA) is 89.7 Å². The van der Waals surface area contributed by atoms with Crippen LogP contribution in [0.25, 0.3) is 0 Å². The molecular weight excluding hydrogens is 178 g/mol. The molecule has 0 rings (SSSR count). The standard InChI is InChI=1S/C7H13NO5/c1-2-13-7(10)6(8(11)12)4-3-5-9/h6,9H,2-5H2,1H3. The first kappa shape index (κ1) is 11.8. The van der Waals surface area contributed by atoms with Gasteiger partial charge in [0.05, 0.1) is 6.61 Å². The Bertz CT molecular complexity index is 182. The van der Waals surface area contributed by atoms with Gasteiger partial charge in [0.2, 0.25) is 0 Å². The molecule has 6 heteroatoms. The zero-order valence-corrected chi connectivity index (χ0v) is 7.43. The fraction of sp³-hybridized carbons (Fsp3) is 0.857. The van der Waals surface area contributed by atoms with Crippen LogP contribution in [0.4, 0.5) is 0 Å². The number of nitro groups is 1. The van der Waals surface area contributed by atoms with Crippen molar-refractivity contribution in [3.63, 3.8) is 0 Å². The van der Waals surface area contributed by atoms with Gasteiger partial charge in [-0.2, -0.15) is 0 Å². The number of nitrogens with zero attached hydrogens (tertiary/aromatic N) is 1. The van der Waals surface area contributed by atoms with E-state index < -0.39 is 16.9 Å². The molecule has 0 aromatic carbocycles. The second-order valence-corrected chi connectivity index (χ2v) is 2.42. The van der Waals surface area contributed by atoms with Gasteiger partial charge >= 0.3 is 12.0 Å². The lowest BCUT2D eigenvalue weighted by Crippen LogP contribution is -2.31. The van der Waals surface area contributed by atoms with Gasteiger partial charge in [-0.15, -0.1) is 0 Å². The minimum atomic E-state index is -1.34. The highest BCUT2D eigenvalue weighted by atomic mass is 16.6. The van der Waals surface area contributed by atoms with E-state index in [1.807, 2.05) is 0 Å². The Labute approximate surface area is 75.7 Å². The van der Waals surface area contributed by atoms with E-state index >= 15 is 0 Å². The molecule has 13 heavy (non-hydrogen) atoms. The summed E-state index contributed by atoms with van der Waals surface area (Å²) in [6.07, 6.45) is 0.243. The van der Waals surface area contributed by atoms with Crippen molar-refractivity contribution in [2.75, 3.05) is 13.2 Å². The molecule has 6 nitrogen and oxygen atoms in total. The number of ether oxygens (including phenoxy) is 1. The highest BCUT2D eigenvalue weighted by Gasteiger charge is 2.30. The summed E-state index contributed by atoms with van der Waals surface area (Å²) in [6.45, 7) is 1.55. The smallest absolute Gasteiger partial charge is 0.381 e. The molecule has 1 atom stereocenters. The molecule has 0 fully saturated rings. The zero-order chi connectivity index (χ0) is 10.3. The second kappa shape index (κ2) is 6.36. The minimum Gasteiger partial charge on any atom is -0.461 e. The number of carbonyl (C=O) groups is 1. The van der Waals surface area contributed by atoms with Crippen molar-refractivity contribution in [2.45, 2.75) is 25.8 Å². The SMILES string of the molecule is CCOC(=O)C(CCCO)[N+](=O)[O-]. The Hall–Kier alpha value is -1.17. The predicted molar refractivity (Wildman–Crippen MR) is 43.7 cm³/mol. The maximum atomic E-state index is 10.9. The van der Waals surface area contributed by atoms with Crippen LogP contribution >= 0.6 is 0 Å². The second-order valence-electron chi connectivity index (χ2n) is 2.42. The maximum absolute atomic E-state index is 10.9. The molecule has 0 saturated carbocycles. The lowest BCUT2D eigenvalue weighted by molar-refractivity contribution is -0.511. The van der Waals surface area contributed by atoms with Crippen molar-refractivity contribution in [3.05, 3.63) is 10.1 Å². The van der Waals surface area contributed by atoms with Crippen LogP contribution in [-0.4, -0.2) is 35.3 Å². The van der Waals surface area contributed by atoms with Crippen LogP contribution < -0.4 is 0 Å². The monoisotopic (exact) mass is 191 g/mol. The van der Waals surface area contributed by atoms with E-state index in [0.717, 1.165) is 0 Å². The lowest BCUT2D eigenvalue weighted by Gasteiger charge is -2.06. The van der Waals surface area contributed by atoms with Crippen molar-refractivity contribution in [1.82, 2.24) is 0 Å². The molecule has 0 aromatic rings. The van der Waals surface area contributed by atoms with Gasteiger partial charge in [-0.05, 0) is 13.3 Å². The molecule has 0 aliphatic carbocycles. The summed E-state index contributed by atoms with van der Waals surface area (Å²) in [4.78, 5) is 20.6.